The predicted octanol–water partition coefficient (Wildman–Crippen LogP) is 3.26. The number of hydrogen-bond donors (Lipinski definition) is 2. The number of nitriles is 1. The fourth-order valence-electron chi connectivity index (χ4n) is 4.94. The second kappa shape index (κ2) is 8.93. The van der Waals surface area contributed by atoms with Crippen LogP contribution in [0, 0.1) is 25.2 Å². The van der Waals surface area contributed by atoms with Crippen molar-refractivity contribution in [3.8, 4) is 6.07 Å². The Bertz CT molecular complexity index is 1200. The van der Waals surface area contributed by atoms with E-state index in [1.807, 2.05) is 32.2 Å². The van der Waals surface area contributed by atoms with Crippen LogP contribution in [0.1, 0.15) is 47.8 Å². The predicted molar refractivity (Wildman–Crippen MR) is 130 cm³/mol. The zero-order valence-electron chi connectivity index (χ0n) is 19.3. The molecule has 33 heavy (non-hydrogen) atoms. The third-order valence-electron chi connectivity index (χ3n) is 7.15. The number of aryl methyl sites for hydroxylation is 1. The Balaban J connectivity index is 1.41. The Kier molecular flexibility index (Phi) is 5.83. The summed E-state index contributed by atoms with van der Waals surface area (Å²) in [4.78, 5) is 9.74. The highest BCUT2D eigenvalue weighted by atomic mass is 15.3. The fourth-order valence-corrected chi connectivity index (χ4v) is 4.94. The Morgan fingerprint density at radius 2 is 1.91 bits per heavy atom. The molecule has 8 heteroatoms. The van der Waals surface area contributed by atoms with Crippen molar-refractivity contribution in [3.63, 3.8) is 0 Å². The van der Waals surface area contributed by atoms with E-state index in [4.69, 9.17) is 10.7 Å². The average molecular weight is 443 g/mol. The van der Waals surface area contributed by atoms with Crippen LogP contribution in [0.3, 0.4) is 0 Å². The van der Waals surface area contributed by atoms with Crippen molar-refractivity contribution in [3.05, 3.63) is 52.8 Å². The van der Waals surface area contributed by atoms with Gasteiger partial charge in [0.2, 0.25) is 0 Å². The van der Waals surface area contributed by atoms with Crippen molar-refractivity contribution in [2.45, 2.75) is 45.3 Å². The summed E-state index contributed by atoms with van der Waals surface area (Å²) in [6.45, 7) is 8.39. The molecule has 0 amide bonds. The number of fused-ring (bicyclic) bond motifs is 1. The van der Waals surface area contributed by atoms with Crippen molar-refractivity contribution in [2.75, 3.05) is 36.4 Å². The summed E-state index contributed by atoms with van der Waals surface area (Å²) >= 11 is 0. The summed E-state index contributed by atoms with van der Waals surface area (Å²) in [6, 6.07) is 10.6. The van der Waals surface area contributed by atoms with E-state index in [0.717, 1.165) is 46.5 Å². The van der Waals surface area contributed by atoms with Crippen LogP contribution in [0.4, 0.5) is 11.6 Å². The van der Waals surface area contributed by atoms with Gasteiger partial charge in [0, 0.05) is 36.1 Å². The summed E-state index contributed by atoms with van der Waals surface area (Å²) in [5, 5.41) is 23.3. The first-order chi connectivity index (χ1) is 16.0. The molecular formula is C25H30N8. The minimum Gasteiger partial charge on any atom is -0.356 e. The molecule has 0 spiro atoms. The van der Waals surface area contributed by atoms with E-state index in [9.17, 15) is 5.26 Å². The SMILES string of the molecule is Cc1c(C#N)cccc1[C@@H](N)Nc1nnc(C)c2cnc(N3CCC(N4CCC4)CC3)cc12. The maximum Gasteiger partial charge on any atom is 0.158 e. The van der Waals surface area contributed by atoms with Crippen molar-refractivity contribution >= 4 is 22.4 Å². The lowest BCUT2D eigenvalue weighted by Crippen LogP contribution is -2.50. The van der Waals surface area contributed by atoms with Crippen LogP contribution in [-0.4, -0.2) is 52.3 Å². The van der Waals surface area contributed by atoms with E-state index in [2.05, 4.69) is 37.4 Å². The molecule has 0 saturated carbocycles. The van der Waals surface area contributed by atoms with Gasteiger partial charge in [-0.2, -0.15) is 10.4 Å². The minimum atomic E-state index is -0.512. The monoisotopic (exact) mass is 442 g/mol. The molecule has 2 aliphatic heterocycles. The molecule has 1 aromatic carbocycles. The smallest absolute Gasteiger partial charge is 0.158 e. The number of aromatic nitrogens is 3. The van der Waals surface area contributed by atoms with Crippen LogP contribution in [0.15, 0.2) is 30.5 Å². The van der Waals surface area contributed by atoms with Gasteiger partial charge in [-0.3, -0.25) is 0 Å². The van der Waals surface area contributed by atoms with Gasteiger partial charge in [-0.1, -0.05) is 12.1 Å². The number of anilines is 2. The van der Waals surface area contributed by atoms with Gasteiger partial charge in [-0.15, -0.1) is 5.10 Å². The largest absolute Gasteiger partial charge is 0.356 e. The van der Waals surface area contributed by atoms with Crippen LogP contribution in [0.2, 0.25) is 0 Å². The molecule has 2 fully saturated rings. The van der Waals surface area contributed by atoms with E-state index < -0.39 is 6.17 Å². The molecule has 0 unspecified atom stereocenters. The number of nitrogens with one attached hydrogen (secondary N) is 1. The Labute approximate surface area is 194 Å². The lowest BCUT2D eigenvalue weighted by atomic mass is 9.99. The lowest BCUT2D eigenvalue weighted by Gasteiger charge is -2.43. The number of rotatable bonds is 5. The Hall–Kier alpha value is -3.28. The number of likely N-dealkylation sites (tertiary alicyclic amines) is 1. The second-order valence-corrected chi connectivity index (χ2v) is 9.08. The van der Waals surface area contributed by atoms with Crippen LogP contribution >= 0.6 is 0 Å². The van der Waals surface area contributed by atoms with Crippen molar-refractivity contribution < 1.29 is 0 Å². The van der Waals surface area contributed by atoms with E-state index in [1.54, 1.807) is 6.07 Å². The maximum absolute atomic E-state index is 9.36. The number of nitrogens with two attached hydrogens (primary N) is 1. The zero-order chi connectivity index (χ0) is 22.9. The van der Waals surface area contributed by atoms with Gasteiger partial charge < -0.3 is 20.9 Å². The molecule has 0 bridgehead atoms. The number of piperidine rings is 1. The first kappa shape index (κ1) is 21.6. The van der Waals surface area contributed by atoms with E-state index in [0.29, 0.717) is 17.4 Å². The minimum absolute atomic E-state index is 0.512. The van der Waals surface area contributed by atoms with Crippen LogP contribution in [0.25, 0.3) is 10.8 Å². The van der Waals surface area contributed by atoms with Gasteiger partial charge in [0.1, 0.15) is 12.0 Å². The maximum atomic E-state index is 9.36. The molecule has 1 atom stereocenters. The molecule has 4 heterocycles. The van der Waals surface area contributed by atoms with Gasteiger partial charge in [-0.25, -0.2) is 4.98 Å². The molecular weight excluding hydrogens is 412 g/mol. The zero-order valence-corrected chi connectivity index (χ0v) is 19.3. The first-order valence-corrected chi connectivity index (χ1v) is 11.7. The summed E-state index contributed by atoms with van der Waals surface area (Å²) in [5.74, 6) is 1.60. The van der Waals surface area contributed by atoms with Gasteiger partial charge in [0.25, 0.3) is 0 Å². The highest BCUT2D eigenvalue weighted by Crippen LogP contribution is 2.30. The second-order valence-electron chi connectivity index (χ2n) is 9.08. The van der Waals surface area contributed by atoms with E-state index >= 15 is 0 Å². The average Bonchev–Trinajstić information content (AvgIpc) is 2.80. The molecule has 2 aliphatic rings. The van der Waals surface area contributed by atoms with Crippen LogP contribution < -0.4 is 16.0 Å². The topological polar surface area (TPSA) is 107 Å². The van der Waals surface area contributed by atoms with E-state index in [-0.39, 0.29) is 0 Å². The fraction of sp³-hybridized carbons (Fsp3) is 0.440. The van der Waals surface area contributed by atoms with Crippen LogP contribution in [0.5, 0.6) is 0 Å². The number of benzene rings is 1. The van der Waals surface area contributed by atoms with Gasteiger partial charge in [-0.05, 0) is 69.5 Å². The molecule has 2 saturated heterocycles. The summed E-state index contributed by atoms with van der Waals surface area (Å²) in [6.07, 6.45) is 5.08. The molecule has 3 aromatic rings. The van der Waals surface area contributed by atoms with Gasteiger partial charge in [0.15, 0.2) is 5.82 Å². The molecule has 5 rings (SSSR count). The number of pyridine rings is 1. The Morgan fingerprint density at radius 3 is 2.61 bits per heavy atom. The summed E-state index contributed by atoms with van der Waals surface area (Å²) in [7, 11) is 0. The van der Waals surface area contributed by atoms with Crippen LogP contribution in [-0.2, 0) is 0 Å². The third kappa shape index (κ3) is 4.10. The highest BCUT2D eigenvalue weighted by molar-refractivity contribution is 5.94. The van der Waals surface area contributed by atoms with Gasteiger partial charge >= 0.3 is 0 Å². The third-order valence-corrected chi connectivity index (χ3v) is 7.15. The standard InChI is InChI=1S/C25H30N8/c1-16-18(14-26)5-3-6-20(16)24(27)29-25-21-13-23(28-15-22(21)17(2)30-31-25)33-11-7-19(8-12-33)32-9-4-10-32/h3,5-6,13,15,19,24H,4,7-12,27H2,1-2H3,(H,29,31)/t24-/m0/s1. The van der Waals surface area contributed by atoms with Gasteiger partial charge in [0.05, 0.1) is 17.3 Å². The molecule has 8 nitrogen and oxygen atoms in total. The molecule has 170 valence electrons. The molecule has 0 radical (unpaired) electrons. The summed E-state index contributed by atoms with van der Waals surface area (Å²) in [5.41, 5.74) is 9.70. The first-order valence-electron chi connectivity index (χ1n) is 11.7. The van der Waals surface area contributed by atoms with Crippen molar-refractivity contribution in [1.82, 2.24) is 20.1 Å². The van der Waals surface area contributed by atoms with Crippen molar-refractivity contribution in [1.29, 1.82) is 5.26 Å². The van der Waals surface area contributed by atoms with E-state index in [1.165, 1.54) is 32.4 Å². The molecule has 3 N–H and O–H groups in total. The van der Waals surface area contributed by atoms with Crippen molar-refractivity contribution in [2.24, 2.45) is 5.73 Å². The molecule has 2 aromatic heterocycles. The number of nitrogens with zero attached hydrogens (tertiary/aromatic N) is 6. The quantitative estimate of drug-likeness (QED) is 0.580. The normalized spacial score (nSPS) is 18.1. The summed E-state index contributed by atoms with van der Waals surface area (Å²) < 4.78 is 0. The lowest BCUT2D eigenvalue weighted by molar-refractivity contribution is 0.100. The molecule has 0 aliphatic carbocycles. The Morgan fingerprint density at radius 1 is 1.12 bits per heavy atom. The highest BCUT2D eigenvalue weighted by Gasteiger charge is 2.28. The number of hydrogen-bond acceptors (Lipinski definition) is 8.